The van der Waals surface area contributed by atoms with Gasteiger partial charge in [0.1, 0.15) is 36.2 Å². The Bertz CT molecular complexity index is 2220. The molecule has 13 nitrogen and oxygen atoms in total. The highest BCUT2D eigenvalue weighted by Gasteiger charge is 2.41. The van der Waals surface area contributed by atoms with Gasteiger partial charge in [-0.25, -0.2) is 13.3 Å². The van der Waals surface area contributed by atoms with E-state index in [1.165, 1.54) is 19.1 Å². The van der Waals surface area contributed by atoms with Crippen molar-refractivity contribution in [3.8, 4) is 24.1 Å². The first-order valence-corrected chi connectivity index (χ1v) is 22.7. The second-order valence-corrected chi connectivity index (χ2v) is 18.9. The summed E-state index contributed by atoms with van der Waals surface area (Å²) in [5.74, 6) is 1.72. The highest BCUT2D eigenvalue weighted by Crippen LogP contribution is 2.49. The van der Waals surface area contributed by atoms with Gasteiger partial charge >= 0.3 is 19.7 Å². The number of benzene rings is 2. The second kappa shape index (κ2) is 19.2. The van der Waals surface area contributed by atoms with Crippen molar-refractivity contribution >= 4 is 36.2 Å². The molecule has 2 aliphatic heterocycles. The standard InChI is InChI=1S/C45H59F2N6O7P/c1-10-35-38(47)18-16-31-20-34(60-61(56,59-28(5)6)51-29(7)43(55)58-27(3)4)22-37(41(31)35)30-15-17-36-39(21-30)49-44(57-26-45(8)23-32(46)24-52(45)9)50-42(36)53-19-13-12-14-33(25-53)48-40(54)11-2/h1,11,16,18,20,22,27-30,32-33H,2,12-15,17,19,21,23-26H2,3-9H3,(H,48,54)(H,51,56)/t29-,30+,32+,33?,45-,61?/m0/s1. The number of alkyl halides is 1. The topological polar surface area (TPSA) is 144 Å². The van der Waals surface area contributed by atoms with Crippen LogP contribution in [0.3, 0.4) is 0 Å². The van der Waals surface area contributed by atoms with Crippen molar-refractivity contribution in [2.75, 3.05) is 38.2 Å². The third-order valence-corrected chi connectivity index (χ3v) is 13.4. The minimum Gasteiger partial charge on any atom is -0.462 e. The third kappa shape index (κ3) is 10.9. The monoisotopic (exact) mass is 864 g/mol. The quantitative estimate of drug-likeness (QED) is 0.0683. The van der Waals surface area contributed by atoms with E-state index in [2.05, 4.69) is 27.8 Å². The number of hydrogen-bond acceptors (Lipinski definition) is 11. The van der Waals surface area contributed by atoms with Crippen molar-refractivity contribution in [3.05, 3.63) is 65.1 Å². The van der Waals surface area contributed by atoms with E-state index in [1.54, 1.807) is 45.9 Å². The van der Waals surface area contributed by atoms with Crippen LogP contribution in [0.5, 0.6) is 11.8 Å². The Labute approximate surface area is 357 Å². The molecule has 1 aliphatic carbocycles. The number of terminal acetylenes is 1. The molecule has 0 bridgehead atoms. The predicted octanol–water partition coefficient (Wildman–Crippen LogP) is 7.34. The molecule has 3 aliphatic rings. The molecule has 2 unspecified atom stereocenters. The number of fused-ring (bicyclic) bond motifs is 2. The molecule has 0 saturated carbocycles. The molecule has 1 aromatic heterocycles. The van der Waals surface area contributed by atoms with Gasteiger partial charge in [0.05, 0.1) is 29.0 Å². The fourth-order valence-corrected chi connectivity index (χ4v) is 10.2. The lowest BCUT2D eigenvalue weighted by molar-refractivity contribution is -0.149. The van der Waals surface area contributed by atoms with Gasteiger partial charge in [0, 0.05) is 43.0 Å². The number of aromatic nitrogens is 2. The molecule has 330 valence electrons. The molecule has 3 heterocycles. The molecule has 6 rings (SSSR count). The summed E-state index contributed by atoms with van der Waals surface area (Å²) in [5, 5.41) is 6.87. The number of likely N-dealkylation sites (N-methyl/N-ethyl adjacent to an activating group) is 1. The summed E-state index contributed by atoms with van der Waals surface area (Å²) in [5.41, 5.74) is 1.84. The first-order chi connectivity index (χ1) is 28.9. The Morgan fingerprint density at radius 2 is 1.90 bits per heavy atom. The number of anilines is 1. The number of rotatable bonds is 15. The second-order valence-electron chi connectivity index (χ2n) is 17.3. The van der Waals surface area contributed by atoms with Crippen LogP contribution in [0.2, 0.25) is 0 Å². The Morgan fingerprint density at radius 1 is 1.13 bits per heavy atom. The summed E-state index contributed by atoms with van der Waals surface area (Å²) >= 11 is 0. The minimum absolute atomic E-state index is 0.0827. The van der Waals surface area contributed by atoms with Crippen LogP contribution >= 0.6 is 7.75 Å². The van der Waals surface area contributed by atoms with Gasteiger partial charge in [-0.3, -0.25) is 19.0 Å². The molecule has 2 saturated heterocycles. The van der Waals surface area contributed by atoms with Gasteiger partial charge in [0.2, 0.25) is 5.91 Å². The fourth-order valence-electron chi connectivity index (χ4n) is 8.56. The Kier molecular flexibility index (Phi) is 14.4. The largest absolute Gasteiger partial charge is 0.462 e. The number of esters is 1. The number of carbonyl (C=O) groups excluding carboxylic acids is 2. The number of nitrogens with zero attached hydrogens (tertiary/aromatic N) is 4. The van der Waals surface area contributed by atoms with Crippen LogP contribution in [0.4, 0.5) is 14.6 Å². The van der Waals surface area contributed by atoms with Gasteiger partial charge in [0.25, 0.3) is 0 Å². The SMILES string of the molecule is C#Cc1c(F)ccc2cc(OP(=O)(N[C@@H](C)C(=O)OC(C)C)OC(C)C)cc([C@@H]3CCc4c(nc(OC[C@]5(C)C[C@@H](F)CN5C)nc4N4CCCCC(NC(=O)C=C)C4)C3)c12. The van der Waals surface area contributed by atoms with Crippen molar-refractivity contribution in [3.63, 3.8) is 0 Å². The lowest BCUT2D eigenvalue weighted by atomic mass is 9.79. The molecule has 0 radical (unpaired) electrons. The summed E-state index contributed by atoms with van der Waals surface area (Å²) in [6.45, 7) is 15.6. The van der Waals surface area contributed by atoms with E-state index in [0.29, 0.717) is 67.5 Å². The van der Waals surface area contributed by atoms with Gasteiger partial charge in [0.15, 0.2) is 0 Å². The van der Waals surface area contributed by atoms with Crippen molar-refractivity contribution in [2.45, 2.75) is 128 Å². The van der Waals surface area contributed by atoms with Gasteiger partial charge < -0.3 is 24.2 Å². The summed E-state index contributed by atoms with van der Waals surface area (Å²) in [6, 6.07) is 5.20. The van der Waals surface area contributed by atoms with Crippen LogP contribution in [0.1, 0.15) is 102 Å². The highest BCUT2D eigenvalue weighted by atomic mass is 31.2. The van der Waals surface area contributed by atoms with Crippen molar-refractivity contribution in [1.29, 1.82) is 0 Å². The van der Waals surface area contributed by atoms with Crippen molar-refractivity contribution < 1.29 is 41.5 Å². The summed E-state index contributed by atoms with van der Waals surface area (Å²) in [6.07, 6.45) is 9.73. The maximum absolute atomic E-state index is 15.5. The predicted molar refractivity (Wildman–Crippen MR) is 231 cm³/mol. The minimum atomic E-state index is -4.22. The van der Waals surface area contributed by atoms with Crippen LogP contribution in [0, 0.1) is 18.2 Å². The van der Waals surface area contributed by atoms with Gasteiger partial charge in [-0.15, -0.1) is 6.42 Å². The zero-order valence-electron chi connectivity index (χ0n) is 36.3. The summed E-state index contributed by atoms with van der Waals surface area (Å²) in [4.78, 5) is 39.3. The van der Waals surface area contributed by atoms with E-state index < -0.39 is 49.5 Å². The summed E-state index contributed by atoms with van der Waals surface area (Å²) < 4.78 is 68.1. The molecular formula is C45H59F2N6O7P. The van der Waals surface area contributed by atoms with Crippen molar-refractivity contribution in [1.82, 2.24) is 25.3 Å². The molecule has 3 aromatic rings. The van der Waals surface area contributed by atoms with Crippen LogP contribution in [0.15, 0.2) is 36.9 Å². The van der Waals surface area contributed by atoms with E-state index in [9.17, 15) is 18.5 Å². The van der Waals surface area contributed by atoms with E-state index in [0.717, 1.165) is 30.5 Å². The molecule has 2 aromatic carbocycles. The molecule has 1 amide bonds. The number of likely N-dealkylation sites (tertiary alicyclic amines) is 1. The maximum Gasteiger partial charge on any atom is 0.459 e. The van der Waals surface area contributed by atoms with Gasteiger partial charge in [-0.05, 0) is 128 Å². The smallest absolute Gasteiger partial charge is 0.459 e. The molecular weight excluding hydrogens is 805 g/mol. The number of halogens is 2. The number of amides is 1. The van der Waals surface area contributed by atoms with Gasteiger partial charge in [-0.2, -0.15) is 15.1 Å². The maximum atomic E-state index is 15.5. The van der Waals surface area contributed by atoms with Crippen molar-refractivity contribution in [2.24, 2.45) is 0 Å². The van der Waals surface area contributed by atoms with Crippen LogP contribution in [-0.4, -0.2) is 96.0 Å². The average Bonchev–Trinajstić information content (AvgIpc) is 3.30. The summed E-state index contributed by atoms with van der Waals surface area (Å²) in [7, 11) is -2.34. The lowest BCUT2D eigenvalue weighted by Crippen LogP contribution is -2.44. The first-order valence-electron chi connectivity index (χ1n) is 21.2. The Hall–Kier alpha value is -4.61. The van der Waals surface area contributed by atoms with Crippen LogP contribution < -0.4 is 24.6 Å². The number of nitrogens with one attached hydrogen (secondary N) is 2. The normalized spacial score (nSPS) is 23.4. The van der Waals surface area contributed by atoms with E-state index >= 15 is 4.39 Å². The molecule has 16 heteroatoms. The zero-order chi connectivity index (χ0) is 44.2. The van der Waals surface area contributed by atoms with E-state index in [-0.39, 0.29) is 41.8 Å². The number of hydrogen-bond donors (Lipinski definition) is 2. The third-order valence-electron chi connectivity index (χ3n) is 11.6. The van der Waals surface area contributed by atoms with E-state index in [4.69, 9.17) is 34.9 Å². The zero-order valence-corrected chi connectivity index (χ0v) is 37.2. The molecule has 2 fully saturated rings. The number of ether oxygens (including phenoxy) is 2. The molecule has 2 N–H and O–H groups in total. The molecule has 61 heavy (non-hydrogen) atoms. The molecule has 0 spiro atoms. The van der Waals surface area contributed by atoms with E-state index in [1.807, 2.05) is 18.9 Å². The Morgan fingerprint density at radius 3 is 2.57 bits per heavy atom. The lowest BCUT2D eigenvalue weighted by Gasteiger charge is -2.33. The average molecular weight is 865 g/mol. The number of carbonyl (C=O) groups is 2. The highest BCUT2D eigenvalue weighted by molar-refractivity contribution is 7.52. The van der Waals surface area contributed by atoms with Crippen LogP contribution in [0.25, 0.3) is 10.8 Å². The fraction of sp³-hybridized carbons (Fsp3) is 0.556. The molecule has 6 atom stereocenters. The first kappa shape index (κ1) is 45.9. The van der Waals surface area contributed by atoms with Gasteiger partial charge in [-0.1, -0.05) is 18.6 Å². The van der Waals surface area contributed by atoms with Crippen LogP contribution in [-0.2, 0) is 36.3 Å². The Balaban J connectivity index is 1.41.